The molecule has 10 aromatic rings. The average Bonchev–Trinajstić information content (AvgIpc) is 3.87. The number of hydrogen-bond acceptors (Lipinski definition) is 0. The second-order valence-electron chi connectivity index (χ2n) is 18.4. The summed E-state index contributed by atoms with van der Waals surface area (Å²) < 4.78 is 4.89. The number of para-hydroxylation sites is 4. The van der Waals surface area contributed by atoms with Crippen LogP contribution in [0.25, 0.3) is 88.4 Å². The van der Waals surface area contributed by atoms with E-state index in [1.54, 1.807) is 0 Å². The van der Waals surface area contributed by atoms with Gasteiger partial charge in [-0.15, -0.1) is 0 Å². The van der Waals surface area contributed by atoms with Gasteiger partial charge in [-0.2, -0.15) is 0 Å². The highest BCUT2D eigenvalue weighted by Crippen LogP contribution is 2.41. The lowest BCUT2D eigenvalue weighted by atomic mass is 9.75. The first-order valence-corrected chi connectivity index (χ1v) is 23.0. The Labute approximate surface area is 375 Å². The summed E-state index contributed by atoms with van der Waals surface area (Å²) in [5.74, 6) is 0.789. The third-order valence-electron chi connectivity index (χ3n) is 14.3. The van der Waals surface area contributed by atoms with Crippen LogP contribution < -0.4 is 0 Å². The van der Waals surface area contributed by atoms with Gasteiger partial charge in [0.05, 0.1) is 27.8 Å². The molecule has 2 aliphatic carbocycles. The van der Waals surface area contributed by atoms with Crippen LogP contribution in [0.15, 0.2) is 212 Å². The van der Waals surface area contributed by atoms with E-state index >= 15 is 0 Å². The van der Waals surface area contributed by atoms with Gasteiger partial charge in [0.15, 0.2) is 0 Å². The maximum atomic E-state index is 2.47. The molecule has 0 bridgehead atoms. The maximum absolute atomic E-state index is 2.47. The molecule has 0 radical (unpaired) electrons. The standard InChI is InChI=1S/C62H50N2/c1-42-25-27-44(28-26-42)47-13-11-14-48(39-47)49-15-12-16-50(40-49)62(2)37-35-45(36-38-62)43-29-31-46(32-30-43)52-17-3-7-21-57(52)64-60-24-10-6-20-55(60)56-34-33-51(41-61(56)64)63-58-22-8-4-18-53(58)54-19-5-9-23-59(54)63/h3-24,27,29-37,39-42H,25-26,28,38H2,1-2H3. The molecule has 0 amide bonds. The van der Waals surface area contributed by atoms with Gasteiger partial charge >= 0.3 is 0 Å². The largest absolute Gasteiger partial charge is 0.309 e. The molecule has 2 aromatic heterocycles. The van der Waals surface area contributed by atoms with E-state index in [1.165, 1.54) is 119 Å². The molecule has 12 rings (SSSR count). The lowest BCUT2D eigenvalue weighted by Gasteiger charge is -2.29. The van der Waals surface area contributed by atoms with E-state index < -0.39 is 0 Å². The van der Waals surface area contributed by atoms with Gasteiger partial charge in [-0.25, -0.2) is 0 Å². The number of benzene rings is 8. The molecule has 2 heterocycles. The molecule has 308 valence electrons. The first kappa shape index (κ1) is 38.3. The molecule has 0 spiro atoms. The van der Waals surface area contributed by atoms with Gasteiger partial charge in [0.1, 0.15) is 0 Å². The molecular formula is C62H50N2. The van der Waals surface area contributed by atoms with Crippen molar-refractivity contribution in [2.45, 2.75) is 44.9 Å². The van der Waals surface area contributed by atoms with Crippen LogP contribution >= 0.6 is 0 Å². The van der Waals surface area contributed by atoms with Crippen molar-refractivity contribution < 1.29 is 0 Å². The van der Waals surface area contributed by atoms with Crippen LogP contribution in [0.2, 0.25) is 0 Å². The fourth-order valence-electron chi connectivity index (χ4n) is 10.7. The predicted octanol–water partition coefficient (Wildman–Crippen LogP) is 16.7. The summed E-state index contributed by atoms with van der Waals surface area (Å²) in [5, 5.41) is 5.04. The Balaban J connectivity index is 0.857. The Morgan fingerprint density at radius 1 is 0.484 bits per heavy atom. The molecule has 2 atom stereocenters. The third kappa shape index (κ3) is 6.47. The zero-order valence-corrected chi connectivity index (χ0v) is 36.5. The molecule has 2 nitrogen and oxygen atoms in total. The highest BCUT2D eigenvalue weighted by Gasteiger charge is 2.26. The fraction of sp³-hybridized carbons (Fsp3) is 0.129. The van der Waals surface area contributed by atoms with Crippen LogP contribution in [0.5, 0.6) is 0 Å². The SMILES string of the molecule is CC1CC=C(c2cccc(-c3cccc(C4(C)C=CC(c5ccc(-c6ccccc6-n6c7ccccc7c7ccc(-n8c9ccccc9c9ccccc98)cc76)cc5)=CC4)c3)c2)CC1. The van der Waals surface area contributed by atoms with E-state index in [2.05, 4.69) is 235 Å². The predicted molar refractivity (Wildman–Crippen MR) is 273 cm³/mol. The van der Waals surface area contributed by atoms with Gasteiger partial charge in [0, 0.05) is 38.2 Å². The van der Waals surface area contributed by atoms with E-state index in [0.29, 0.717) is 0 Å². The minimum absolute atomic E-state index is 0.0816. The molecule has 8 aromatic carbocycles. The summed E-state index contributed by atoms with van der Waals surface area (Å²) in [6.45, 7) is 4.74. The summed E-state index contributed by atoms with van der Waals surface area (Å²) in [6, 6.07) is 69.8. The summed E-state index contributed by atoms with van der Waals surface area (Å²) in [7, 11) is 0. The van der Waals surface area contributed by atoms with Crippen LogP contribution in [0.1, 0.15) is 56.2 Å². The van der Waals surface area contributed by atoms with Gasteiger partial charge < -0.3 is 9.13 Å². The normalized spacial score (nSPS) is 17.6. The molecule has 0 saturated carbocycles. The highest BCUT2D eigenvalue weighted by atomic mass is 15.0. The van der Waals surface area contributed by atoms with Crippen LogP contribution in [0.4, 0.5) is 0 Å². The number of allylic oxidation sites excluding steroid dienone is 6. The van der Waals surface area contributed by atoms with Gasteiger partial charge in [-0.1, -0.05) is 184 Å². The fourth-order valence-corrected chi connectivity index (χ4v) is 10.7. The zero-order valence-electron chi connectivity index (χ0n) is 36.5. The summed E-state index contributed by atoms with van der Waals surface area (Å²) in [4.78, 5) is 0. The second-order valence-corrected chi connectivity index (χ2v) is 18.4. The lowest BCUT2D eigenvalue weighted by Crippen LogP contribution is -2.20. The Morgan fingerprint density at radius 3 is 1.78 bits per heavy atom. The van der Waals surface area contributed by atoms with Crippen LogP contribution in [0, 0.1) is 5.92 Å². The van der Waals surface area contributed by atoms with E-state index in [1.807, 2.05) is 0 Å². The minimum Gasteiger partial charge on any atom is -0.309 e. The first-order valence-electron chi connectivity index (χ1n) is 23.0. The zero-order chi connectivity index (χ0) is 42.8. The molecule has 2 unspecified atom stereocenters. The van der Waals surface area contributed by atoms with Gasteiger partial charge in [0.2, 0.25) is 0 Å². The number of nitrogens with zero attached hydrogens (tertiary/aromatic N) is 2. The summed E-state index contributed by atoms with van der Waals surface area (Å²) >= 11 is 0. The van der Waals surface area contributed by atoms with Crippen molar-refractivity contribution in [2.24, 2.45) is 5.92 Å². The van der Waals surface area contributed by atoms with Crippen LogP contribution in [-0.2, 0) is 5.41 Å². The van der Waals surface area contributed by atoms with Crippen molar-refractivity contribution in [3.05, 3.63) is 229 Å². The van der Waals surface area contributed by atoms with Crippen LogP contribution in [-0.4, -0.2) is 9.13 Å². The molecular weight excluding hydrogens is 773 g/mol. The highest BCUT2D eigenvalue weighted by molar-refractivity contribution is 6.12. The molecule has 0 saturated heterocycles. The van der Waals surface area contributed by atoms with E-state index in [0.717, 1.165) is 18.0 Å². The topological polar surface area (TPSA) is 9.86 Å². The molecule has 64 heavy (non-hydrogen) atoms. The smallest absolute Gasteiger partial charge is 0.0562 e. The second kappa shape index (κ2) is 15.4. The number of rotatable bonds is 7. The third-order valence-corrected chi connectivity index (χ3v) is 14.3. The van der Waals surface area contributed by atoms with Gasteiger partial charge in [-0.05, 0) is 119 Å². The Kier molecular flexibility index (Phi) is 9.23. The van der Waals surface area contributed by atoms with E-state index in [9.17, 15) is 0 Å². The van der Waals surface area contributed by atoms with Crippen molar-refractivity contribution in [1.29, 1.82) is 0 Å². The number of aromatic nitrogens is 2. The van der Waals surface area contributed by atoms with Crippen molar-refractivity contribution in [1.82, 2.24) is 9.13 Å². The quantitative estimate of drug-likeness (QED) is 0.152. The van der Waals surface area contributed by atoms with Crippen molar-refractivity contribution >= 4 is 54.8 Å². The van der Waals surface area contributed by atoms with Gasteiger partial charge in [0.25, 0.3) is 0 Å². The molecule has 0 N–H and O–H groups in total. The maximum Gasteiger partial charge on any atom is 0.0562 e. The average molecular weight is 823 g/mol. The van der Waals surface area contributed by atoms with Crippen molar-refractivity contribution in [2.75, 3.05) is 0 Å². The molecule has 2 aliphatic rings. The number of hydrogen-bond donors (Lipinski definition) is 0. The monoisotopic (exact) mass is 822 g/mol. The number of fused-ring (bicyclic) bond motifs is 6. The lowest BCUT2D eigenvalue weighted by molar-refractivity contribution is 0.534. The van der Waals surface area contributed by atoms with Crippen LogP contribution in [0.3, 0.4) is 0 Å². The Hall–Kier alpha value is -7.42. The van der Waals surface area contributed by atoms with Gasteiger partial charge in [-0.3, -0.25) is 0 Å². The van der Waals surface area contributed by atoms with E-state index in [4.69, 9.17) is 0 Å². The Morgan fingerprint density at radius 2 is 1.09 bits per heavy atom. The van der Waals surface area contributed by atoms with Crippen molar-refractivity contribution in [3.8, 4) is 33.6 Å². The molecule has 0 aliphatic heterocycles. The summed E-state index contributed by atoms with van der Waals surface area (Å²) in [5.41, 5.74) is 18.8. The first-order chi connectivity index (χ1) is 31.5. The minimum atomic E-state index is -0.0816. The van der Waals surface area contributed by atoms with Crippen molar-refractivity contribution in [3.63, 3.8) is 0 Å². The molecule has 0 fully saturated rings. The molecule has 2 heteroatoms. The van der Waals surface area contributed by atoms with E-state index in [-0.39, 0.29) is 5.41 Å². The Bertz CT molecular complexity index is 3480. The summed E-state index contributed by atoms with van der Waals surface area (Å²) in [6.07, 6.45) is 14.2.